The van der Waals surface area contributed by atoms with Gasteiger partial charge in [-0.1, -0.05) is 31.9 Å². The Morgan fingerprint density at radius 1 is 1.29 bits per heavy atom. The highest BCUT2D eigenvalue weighted by Crippen LogP contribution is 2.21. The summed E-state index contributed by atoms with van der Waals surface area (Å²) < 4.78 is 25.4. The molecule has 21 heavy (non-hydrogen) atoms. The second kappa shape index (κ2) is 8.51. The van der Waals surface area contributed by atoms with Crippen LogP contribution in [0.25, 0.3) is 0 Å². The Morgan fingerprint density at radius 3 is 2.52 bits per heavy atom. The van der Waals surface area contributed by atoms with Crippen molar-refractivity contribution in [2.75, 3.05) is 24.7 Å². The molecule has 0 bridgehead atoms. The van der Waals surface area contributed by atoms with E-state index in [1.807, 2.05) is 19.1 Å². The van der Waals surface area contributed by atoms with Gasteiger partial charge in [0.15, 0.2) is 0 Å². The number of halogens is 1. The summed E-state index contributed by atoms with van der Waals surface area (Å²) in [6.07, 6.45) is 3.83. The fraction of sp³-hybridized carbons (Fsp3) is 0.500. The minimum Gasteiger partial charge on any atom is -0.324 e. The summed E-state index contributed by atoms with van der Waals surface area (Å²) in [5.41, 5.74) is 0.629. The number of amides is 1. The number of benzene rings is 1. The molecular formula is C14H21BrN2O3S. The number of nitrogens with one attached hydrogen (secondary N) is 1. The topological polar surface area (TPSA) is 66.5 Å². The van der Waals surface area contributed by atoms with Gasteiger partial charge in [0.1, 0.15) is 0 Å². The molecule has 1 aromatic rings. The molecule has 0 fully saturated rings. The molecule has 1 aromatic carbocycles. The van der Waals surface area contributed by atoms with Crippen LogP contribution < -0.4 is 5.32 Å². The minimum atomic E-state index is -3.38. The van der Waals surface area contributed by atoms with Crippen LogP contribution in [-0.2, 0) is 14.8 Å². The molecule has 118 valence electrons. The lowest BCUT2D eigenvalue weighted by atomic mass is 10.2. The predicted molar refractivity (Wildman–Crippen MR) is 88.7 cm³/mol. The maximum absolute atomic E-state index is 12.0. The van der Waals surface area contributed by atoms with Crippen LogP contribution in [0.15, 0.2) is 28.7 Å². The number of para-hydroxylation sites is 1. The first-order valence-corrected chi connectivity index (χ1v) is 9.48. The number of hydrogen-bond acceptors (Lipinski definition) is 3. The third-order valence-corrected chi connectivity index (χ3v) is 4.89. The Kier molecular flexibility index (Phi) is 7.34. The molecule has 0 unspecified atom stereocenters. The van der Waals surface area contributed by atoms with E-state index in [0.29, 0.717) is 12.2 Å². The van der Waals surface area contributed by atoms with Gasteiger partial charge in [-0.15, -0.1) is 0 Å². The molecule has 0 spiro atoms. The van der Waals surface area contributed by atoms with Gasteiger partial charge in [0, 0.05) is 11.0 Å². The average molecular weight is 377 g/mol. The van der Waals surface area contributed by atoms with Gasteiger partial charge < -0.3 is 5.32 Å². The number of carbonyl (C=O) groups excluding carboxylic acids is 1. The number of sulfonamides is 1. The number of unbranched alkanes of at least 4 members (excludes halogenated alkanes) is 2. The van der Waals surface area contributed by atoms with E-state index >= 15 is 0 Å². The van der Waals surface area contributed by atoms with Crippen molar-refractivity contribution in [1.29, 1.82) is 0 Å². The third-order valence-electron chi connectivity index (χ3n) is 2.95. The zero-order chi connectivity index (χ0) is 15.9. The Balaban J connectivity index is 2.66. The highest BCUT2D eigenvalue weighted by Gasteiger charge is 2.19. The number of hydrogen-bond donors (Lipinski definition) is 1. The van der Waals surface area contributed by atoms with Crippen LogP contribution in [0.4, 0.5) is 5.69 Å². The lowest BCUT2D eigenvalue weighted by Crippen LogP contribution is -2.38. The molecule has 0 heterocycles. The molecule has 0 aliphatic carbocycles. The Hall–Kier alpha value is -0.920. The first-order chi connectivity index (χ1) is 9.84. The quantitative estimate of drug-likeness (QED) is 0.709. The molecule has 0 atom stereocenters. The predicted octanol–water partition coefficient (Wildman–Crippen LogP) is 2.84. The van der Waals surface area contributed by atoms with E-state index in [1.54, 1.807) is 12.1 Å². The standard InChI is InChI=1S/C14H21BrN2O3S/c1-3-4-7-10-17(21(2,19)20)11-14(18)16-13-9-6-5-8-12(13)15/h5-6,8-9H,3-4,7,10-11H2,1-2H3,(H,16,18). The summed E-state index contributed by atoms with van der Waals surface area (Å²) in [5, 5.41) is 2.71. The fourth-order valence-corrected chi connectivity index (χ4v) is 3.01. The van der Waals surface area contributed by atoms with Gasteiger partial charge in [-0.05, 0) is 34.5 Å². The maximum atomic E-state index is 12.0. The largest absolute Gasteiger partial charge is 0.324 e. The van der Waals surface area contributed by atoms with Crippen LogP contribution in [0.1, 0.15) is 26.2 Å². The van der Waals surface area contributed by atoms with Crippen molar-refractivity contribution in [2.45, 2.75) is 26.2 Å². The Morgan fingerprint density at radius 2 is 1.95 bits per heavy atom. The molecule has 0 saturated carbocycles. The van der Waals surface area contributed by atoms with E-state index in [1.165, 1.54) is 4.31 Å². The van der Waals surface area contributed by atoms with Crippen molar-refractivity contribution in [1.82, 2.24) is 4.31 Å². The molecular weight excluding hydrogens is 356 g/mol. The molecule has 1 N–H and O–H groups in total. The zero-order valence-electron chi connectivity index (χ0n) is 12.3. The molecule has 0 saturated heterocycles. The monoisotopic (exact) mass is 376 g/mol. The molecule has 7 heteroatoms. The van der Waals surface area contributed by atoms with Crippen molar-refractivity contribution in [2.24, 2.45) is 0 Å². The summed E-state index contributed by atoms with van der Waals surface area (Å²) in [5.74, 6) is -0.344. The van der Waals surface area contributed by atoms with Crippen LogP contribution in [0.3, 0.4) is 0 Å². The van der Waals surface area contributed by atoms with Crippen LogP contribution in [0.5, 0.6) is 0 Å². The fourth-order valence-electron chi connectivity index (χ4n) is 1.81. The Labute approximate surface area is 134 Å². The summed E-state index contributed by atoms with van der Waals surface area (Å²) >= 11 is 3.34. The summed E-state index contributed by atoms with van der Waals surface area (Å²) in [4.78, 5) is 12.0. The molecule has 0 aliphatic heterocycles. The van der Waals surface area contributed by atoms with Crippen LogP contribution >= 0.6 is 15.9 Å². The van der Waals surface area contributed by atoms with Gasteiger partial charge >= 0.3 is 0 Å². The van der Waals surface area contributed by atoms with Gasteiger partial charge in [-0.25, -0.2) is 8.42 Å². The second-order valence-electron chi connectivity index (χ2n) is 4.83. The molecule has 0 aromatic heterocycles. The lowest BCUT2D eigenvalue weighted by molar-refractivity contribution is -0.116. The van der Waals surface area contributed by atoms with Crippen molar-refractivity contribution < 1.29 is 13.2 Å². The lowest BCUT2D eigenvalue weighted by Gasteiger charge is -2.19. The second-order valence-corrected chi connectivity index (χ2v) is 7.67. The van der Waals surface area contributed by atoms with E-state index in [2.05, 4.69) is 21.2 Å². The third kappa shape index (κ3) is 6.58. The van der Waals surface area contributed by atoms with E-state index in [9.17, 15) is 13.2 Å². The zero-order valence-corrected chi connectivity index (χ0v) is 14.7. The summed E-state index contributed by atoms with van der Waals surface area (Å²) in [6.45, 7) is 2.25. The van der Waals surface area contributed by atoms with E-state index in [-0.39, 0.29) is 12.5 Å². The normalized spacial score (nSPS) is 11.6. The van der Waals surface area contributed by atoms with Gasteiger partial charge in [0.05, 0.1) is 18.5 Å². The molecule has 1 rings (SSSR count). The van der Waals surface area contributed by atoms with E-state index in [4.69, 9.17) is 0 Å². The molecule has 5 nitrogen and oxygen atoms in total. The minimum absolute atomic E-state index is 0.163. The summed E-state index contributed by atoms with van der Waals surface area (Å²) in [7, 11) is -3.38. The van der Waals surface area contributed by atoms with Crippen molar-refractivity contribution in [3.63, 3.8) is 0 Å². The summed E-state index contributed by atoms with van der Waals surface area (Å²) in [6, 6.07) is 7.21. The molecule has 0 aliphatic rings. The Bertz CT molecular complexity index is 575. The van der Waals surface area contributed by atoms with Gasteiger partial charge in [0.2, 0.25) is 15.9 Å². The first kappa shape index (κ1) is 18.1. The van der Waals surface area contributed by atoms with E-state index in [0.717, 1.165) is 30.0 Å². The SMILES string of the molecule is CCCCCN(CC(=O)Nc1ccccc1Br)S(C)(=O)=O. The molecule has 0 radical (unpaired) electrons. The van der Waals surface area contributed by atoms with Crippen molar-refractivity contribution in [3.8, 4) is 0 Å². The maximum Gasteiger partial charge on any atom is 0.239 e. The van der Waals surface area contributed by atoms with Crippen LogP contribution in [0, 0.1) is 0 Å². The number of carbonyl (C=O) groups is 1. The average Bonchev–Trinajstić information content (AvgIpc) is 2.39. The molecule has 1 amide bonds. The number of rotatable bonds is 8. The number of nitrogens with zero attached hydrogens (tertiary/aromatic N) is 1. The first-order valence-electron chi connectivity index (χ1n) is 6.84. The number of anilines is 1. The highest BCUT2D eigenvalue weighted by atomic mass is 79.9. The highest BCUT2D eigenvalue weighted by molar-refractivity contribution is 9.10. The van der Waals surface area contributed by atoms with E-state index < -0.39 is 10.0 Å². The van der Waals surface area contributed by atoms with Crippen LogP contribution in [0.2, 0.25) is 0 Å². The van der Waals surface area contributed by atoms with Gasteiger partial charge in [0.25, 0.3) is 0 Å². The van der Waals surface area contributed by atoms with Crippen molar-refractivity contribution in [3.05, 3.63) is 28.7 Å². The van der Waals surface area contributed by atoms with Crippen molar-refractivity contribution >= 4 is 37.5 Å². The van der Waals surface area contributed by atoms with Crippen LogP contribution in [-0.4, -0.2) is 38.0 Å². The van der Waals surface area contributed by atoms with Gasteiger partial charge in [-0.3, -0.25) is 4.79 Å². The van der Waals surface area contributed by atoms with Gasteiger partial charge in [-0.2, -0.15) is 4.31 Å². The smallest absolute Gasteiger partial charge is 0.239 e.